The van der Waals surface area contributed by atoms with Gasteiger partial charge in [-0.3, -0.25) is 9.59 Å². The lowest BCUT2D eigenvalue weighted by atomic mass is 10.1. The van der Waals surface area contributed by atoms with Gasteiger partial charge in [0.05, 0.1) is 12.3 Å². The Balaban J connectivity index is 1.68. The first kappa shape index (κ1) is 17.3. The van der Waals surface area contributed by atoms with Gasteiger partial charge in [-0.25, -0.2) is 0 Å². The third-order valence-corrected chi connectivity index (χ3v) is 3.83. The summed E-state index contributed by atoms with van der Waals surface area (Å²) >= 11 is 3.42. The van der Waals surface area contributed by atoms with Crippen LogP contribution < -0.4 is 10.6 Å². The first-order valence-corrected chi connectivity index (χ1v) is 8.22. The molecule has 0 aliphatic carbocycles. The minimum Gasteiger partial charge on any atom is -0.459 e. The highest BCUT2D eigenvalue weighted by molar-refractivity contribution is 9.10. The van der Waals surface area contributed by atoms with E-state index in [-0.39, 0.29) is 23.6 Å². The Morgan fingerprint density at radius 3 is 2.78 bits per heavy atom. The number of hydrogen-bond donors (Lipinski definition) is 2. The van der Waals surface area contributed by atoms with E-state index in [1.807, 2.05) is 31.2 Å². The monoisotopic (exact) mass is 378 g/mol. The molecule has 0 radical (unpaired) electrons. The lowest BCUT2D eigenvalue weighted by molar-refractivity contribution is -0.121. The van der Waals surface area contributed by atoms with Crippen LogP contribution in [-0.2, 0) is 4.79 Å². The Morgan fingerprint density at radius 1 is 1.26 bits per heavy atom. The van der Waals surface area contributed by atoms with Crippen molar-refractivity contribution < 1.29 is 14.0 Å². The zero-order valence-corrected chi connectivity index (χ0v) is 14.4. The molecule has 1 aromatic heterocycles. The molecule has 0 aliphatic rings. The van der Waals surface area contributed by atoms with Crippen LogP contribution in [0.4, 0.5) is 0 Å². The van der Waals surface area contributed by atoms with Crippen LogP contribution in [0.15, 0.2) is 51.6 Å². The summed E-state index contributed by atoms with van der Waals surface area (Å²) in [6.07, 6.45) is 2.38. The van der Waals surface area contributed by atoms with E-state index in [4.69, 9.17) is 4.42 Å². The number of hydrogen-bond acceptors (Lipinski definition) is 3. The predicted molar refractivity (Wildman–Crippen MR) is 91.0 cm³/mol. The van der Waals surface area contributed by atoms with E-state index < -0.39 is 0 Å². The number of furan rings is 1. The van der Waals surface area contributed by atoms with Crippen molar-refractivity contribution in [2.75, 3.05) is 6.54 Å². The summed E-state index contributed by atoms with van der Waals surface area (Å²) in [6.45, 7) is 2.37. The van der Waals surface area contributed by atoms with Gasteiger partial charge in [0.15, 0.2) is 5.76 Å². The summed E-state index contributed by atoms with van der Waals surface area (Å²) in [5, 5.41) is 5.66. The van der Waals surface area contributed by atoms with E-state index >= 15 is 0 Å². The quantitative estimate of drug-likeness (QED) is 0.724. The highest BCUT2D eigenvalue weighted by Gasteiger charge is 2.11. The van der Waals surface area contributed by atoms with E-state index in [1.165, 1.54) is 6.26 Å². The Labute approximate surface area is 143 Å². The first-order chi connectivity index (χ1) is 11.1. The molecule has 0 aliphatic heterocycles. The van der Waals surface area contributed by atoms with Crippen molar-refractivity contribution in [1.82, 2.24) is 10.6 Å². The molecule has 1 aromatic carbocycles. The molecule has 1 unspecified atom stereocenters. The second-order valence-electron chi connectivity index (χ2n) is 5.18. The molecule has 0 bridgehead atoms. The average molecular weight is 379 g/mol. The topological polar surface area (TPSA) is 71.3 Å². The fourth-order valence-corrected chi connectivity index (χ4v) is 2.54. The molecule has 2 N–H and O–H groups in total. The maximum atomic E-state index is 11.9. The van der Waals surface area contributed by atoms with Crippen LogP contribution in [0.1, 0.15) is 41.9 Å². The number of carbonyl (C=O) groups is 2. The highest BCUT2D eigenvalue weighted by atomic mass is 79.9. The maximum absolute atomic E-state index is 11.9. The summed E-state index contributed by atoms with van der Waals surface area (Å²) < 4.78 is 5.97. The van der Waals surface area contributed by atoms with Gasteiger partial charge in [-0.2, -0.15) is 0 Å². The fraction of sp³-hybridized carbons (Fsp3) is 0.294. The standard InChI is InChI=1S/C17H19BrN2O3/c1-12(13-5-2-6-14(18)11-13)20-16(21)8-3-9-19-17(22)15-7-4-10-23-15/h2,4-7,10-12H,3,8-9H2,1H3,(H,19,22)(H,20,21). The molecule has 5 nitrogen and oxygen atoms in total. The molecule has 2 aromatic rings. The summed E-state index contributed by atoms with van der Waals surface area (Å²) in [6, 6.07) is 11.0. The Kier molecular flexibility index (Phi) is 6.40. The van der Waals surface area contributed by atoms with Crippen LogP contribution in [0, 0.1) is 0 Å². The highest BCUT2D eigenvalue weighted by Crippen LogP contribution is 2.17. The van der Waals surface area contributed by atoms with Gasteiger partial charge in [-0.15, -0.1) is 0 Å². The van der Waals surface area contributed by atoms with E-state index in [1.54, 1.807) is 12.1 Å². The van der Waals surface area contributed by atoms with Crippen molar-refractivity contribution in [3.05, 3.63) is 58.5 Å². The number of rotatable bonds is 7. The van der Waals surface area contributed by atoms with Crippen molar-refractivity contribution in [3.8, 4) is 0 Å². The summed E-state index contributed by atoms with van der Waals surface area (Å²) in [4.78, 5) is 23.6. The molecular formula is C17H19BrN2O3. The Bertz CT molecular complexity index is 656. The van der Waals surface area contributed by atoms with Crippen molar-refractivity contribution in [3.63, 3.8) is 0 Å². The van der Waals surface area contributed by atoms with Crippen LogP contribution >= 0.6 is 15.9 Å². The van der Waals surface area contributed by atoms with Gasteiger partial charge >= 0.3 is 0 Å². The van der Waals surface area contributed by atoms with Gasteiger partial charge < -0.3 is 15.1 Å². The number of carbonyl (C=O) groups excluding carboxylic acids is 2. The molecule has 0 spiro atoms. The largest absolute Gasteiger partial charge is 0.459 e. The smallest absolute Gasteiger partial charge is 0.286 e. The van der Waals surface area contributed by atoms with Gasteiger partial charge in [0, 0.05) is 17.4 Å². The second-order valence-corrected chi connectivity index (χ2v) is 6.10. The molecule has 1 heterocycles. The molecule has 6 heteroatoms. The Hall–Kier alpha value is -2.08. The molecular weight excluding hydrogens is 360 g/mol. The summed E-state index contributed by atoms with van der Waals surface area (Å²) in [5.74, 6) is -0.0274. The van der Waals surface area contributed by atoms with Crippen LogP contribution in [0.3, 0.4) is 0 Å². The minimum absolute atomic E-state index is 0.0373. The maximum Gasteiger partial charge on any atom is 0.286 e. The van der Waals surface area contributed by atoms with Crippen LogP contribution in [-0.4, -0.2) is 18.4 Å². The molecule has 0 fully saturated rings. The molecule has 0 saturated carbocycles. The lowest BCUT2D eigenvalue weighted by Gasteiger charge is -2.14. The Morgan fingerprint density at radius 2 is 2.09 bits per heavy atom. The molecule has 2 amide bonds. The van der Waals surface area contributed by atoms with E-state index in [9.17, 15) is 9.59 Å². The van der Waals surface area contributed by atoms with Gasteiger partial charge in [0.1, 0.15) is 0 Å². The number of benzene rings is 1. The van der Waals surface area contributed by atoms with Crippen LogP contribution in [0.25, 0.3) is 0 Å². The predicted octanol–water partition coefficient (Wildman–Crippen LogP) is 3.43. The third-order valence-electron chi connectivity index (χ3n) is 3.34. The minimum atomic E-state index is -0.266. The first-order valence-electron chi connectivity index (χ1n) is 7.43. The van der Waals surface area contributed by atoms with Crippen molar-refractivity contribution in [1.29, 1.82) is 0 Å². The van der Waals surface area contributed by atoms with Gasteiger partial charge in [-0.05, 0) is 43.2 Å². The zero-order valence-electron chi connectivity index (χ0n) is 12.8. The molecule has 1 atom stereocenters. The van der Waals surface area contributed by atoms with E-state index in [0.29, 0.717) is 19.4 Å². The number of nitrogens with one attached hydrogen (secondary N) is 2. The zero-order chi connectivity index (χ0) is 16.7. The molecule has 122 valence electrons. The lowest BCUT2D eigenvalue weighted by Crippen LogP contribution is -2.28. The number of amides is 2. The van der Waals surface area contributed by atoms with E-state index in [0.717, 1.165) is 10.0 Å². The molecule has 23 heavy (non-hydrogen) atoms. The SMILES string of the molecule is CC(NC(=O)CCCNC(=O)c1ccco1)c1cccc(Br)c1. The van der Waals surface area contributed by atoms with Gasteiger partial charge in [-0.1, -0.05) is 28.1 Å². The van der Waals surface area contributed by atoms with Crippen molar-refractivity contribution in [2.45, 2.75) is 25.8 Å². The van der Waals surface area contributed by atoms with Crippen LogP contribution in [0.2, 0.25) is 0 Å². The van der Waals surface area contributed by atoms with E-state index in [2.05, 4.69) is 26.6 Å². The summed E-state index contributed by atoms with van der Waals surface area (Å²) in [7, 11) is 0. The summed E-state index contributed by atoms with van der Waals surface area (Å²) in [5.41, 5.74) is 1.04. The molecule has 0 saturated heterocycles. The van der Waals surface area contributed by atoms with Crippen molar-refractivity contribution >= 4 is 27.7 Å². The fourth-order valence-electron chi connectivity index (χ4n) is 2.12. The average Bonchev–Trinajstić information content (AvgIpc) is 3.06. The molecule has 2 rings (SSSR count). The second kappa shape index (κ2) is 8.53. The van der Waals surface area contributed by atoms with Gasteiger partial charge in [0.2, 0.25) is 5.91 Å². The number of halogens is 1. The van der Waals surface area contributed by atoms with Crippen molar-refractivity contribution in [2.24, 2.45) is 0 Å². The van der Waals surface area contributed by atoms with Gasteiger partial charge in [0.25, 0.3) is 5.91 Å². The van der Waals surface area contributed by atoms with Crippen LogP contribution in [0.5, 0.6) is 0 Å². The third kappa shape index (κ3) is 5.56. The normalized spacial score (nSPS) is 11.7.